The van der Waals surface area contributed by atoms with Crippen LogP contribution in [0.1, 0.15) is 67.1 Å². The Balaban J connectivity index is 0.000000180. The molecular weight excluding hydrogens is 530 g/mol. The lowest BCUT2D eigenvalue weighted by Gasteiger charge is -2.27. The van der Waals surface area contributed by atoms with Crippen LogP contribution in [0.3, 0.4) is 0 Å². The summed E-state index contributed by atoms with van der Waals surface area (Å²) < 4.78 is 4.35. The van der Waals surface area contributed by atoms with Gasteiger partial charge in [-0.1, -0.05) is 24.3 Å². The minimum Gasteiger partial charge on any atom is -0.481 e. The number of hydrogen-bond donors (Lipinski definition) is 4. The number of ether oxygens (including phenoxy) is 1. The van der Waals surface area contributed by atoms with Gasteiger partial charge in [0.2, 0.25) is 11.8 Å². The summed E-state index contributed by atoms with van der Waals surface area (Å²) in [6, 6.07) is 11.0. The Morgan fingerprint density at radius 1 is 0.875 bits per heavy atom. The number of aliphatic carboxylic acids is 2. The van der Waals surface area contributed by atoms with Crippen LogP contribution in [-0.2, 0) is 23.9 Å². The van der Waals surface area contributed by atoms with Gasteiger partial charge in [-0.25, -0.2) is 9.59 Å². The quantitative estimate of drug-likeness (QED) is 0.223. The molecule has 14 heteroatoms. The van der Waals surface area contributed by atoms with Crippen molar-refractivity contribution in [3.63, 3.8) is 0 Å². The Bertz CT molecular complexity index is 1350. The van der Waals surface area contributed by atoms with Crippen LogP contribution in [0.2, 0.25) is 0 Å². The molecule has 3 aliphatic rings. The van der Waals surface area contributed by atoms with Gasteiger partial charge in [0.05, 0.1) is 22.3 Å². The Morgan fingerprint density at radius 3 is 1.77 bits per heavy atom. The van der Waals surface area contributed by atoms with Gasteiger partial charge in [-0.05, 0) is 37.1 Å². The first-order valence-electron chi connectivity index (χ1n) is 11.8. The van der Waals surface area contributed by atoms with Crippen LogP contribution in [0, 0.1) is 0 Å². The number of fused-ring (bicyclic) bond motifs is 2. The number of rotatable bonds is 5. The molecule has 2 atom stereocenters. The molecule has 2 aromatic rings. The molecule has 5 rings (SSSR count). The lowest BCUT2D eigenvalue weighted by molar-refractivity contribution is -0.140. The number of esters is 2. The van der Waals surface area contributed by atoms with Crippen LogP contribution in [0.15, 0.2) is 48.5 Å². The van der Waals surface area contributed by atoms with E-state index in [1.54, 1.807) is 48.5 Å². The van der Waals surface area contributed by atoms with Crippen molar-refractivity contribution in [1.82, 2.24) is 10.2 Å². The number of nitrogens with zero attached hydrogens (tertiary/aromatic N) is 1. The zero-order valence-corrected chi connectivity index (χ0v) is 20.7. The normalized spacial score (nSPS) is 17.8. The minimum atomic E-state index is -1.17. The van der Waals surface area contributed by atoms with Crippen molar-refractivity contribution in [2.45, 2.75) is 37.8 Å². The number of benzene rings is 2. The fourth-order valence-corrected chi connectivity index (χ4v) is 3.86. The topological polar surface area (TPSA) is 228 Å². The molecule has 2 unspecified atom stereocenters. The van der Waals surface area contributed by atoms with Crippen molar-refractivity contribution in [1.29, 1.82) is 0 Å². The zero-order valence-electron chi connectivity index (χ0n) is 20.7. The molecule has 0 bridgehead atoms. The molecule has 0 radical (unpaired) electrons. The third kappa shape index (κ3) is 6.60. The Kier molecular flexibility index (Phi) is 9.19. The lowest BCUT2D eigenvalue weighted by Crippen LogP contribution is -2.54. The molecule has 0 aliphatic carbocycles. The highest BCUT2D eigenvalue weighted by Crippen LogP contribution is 2.27. The molecule has 3 aliphatic heterocycles. The van der Waals surface area contributed by atoms with E-state index in [9.17, 15) is 38.4 Å². The largest absolute Gasteiger partial charge is 0.481 e. The first-order chi connectivity index (χ1) is 18.9. The van der Waals surface area contributed by atoms with Crippen LogP contribution in [0.5, 0.6) is 0 Å². The van der Waals surface area contributed by atoms with Crippen LogP contribution in [-0.4, -0.2) is 74.7 Å². The summed E-state index contributed by atoms with van der Waals surface area (Å²) in [5.41, 5.74) is 6.33. The van der Waals surface area contributed by atoms with E-state index in [1.165, 1.54) is 0 Å². The number of nitrogens with one attached hydrogen (secondary N) is 1. The highest BCUT2D eigenvalue weighted by atomic mass is 16.6. The van der Waals surface area contributed by atoms with E-state index in [0.29, 0.717) is 22.3 Å². The second-order valence-electron chi connectivity index (χ2n) is 8.59. The Hall–Kier alpha value is -5.24. The van der Waals surface area contributed by atoms with Crippen molar-refractivity contribution < 1.29 is 53.3 Å². The molecule has 0 saturated carbocycles. The Morgan fingerprint density at radius 2 is 1.35 bits per heavy atom. The van der Waals surface area contributed by atoms with Gasteiger partial charge in [-0.15, -0.1) is 0 Å². The monoisotopic (exact) mass is 553 g/mol. The molecule has 3 heterocycles. The number of carbonyl (C=O) groups excluding carboxylic acids is 6. The summed E-state index contributed by atoms with van der Waals surface area (Å²) >= 11 is 0. The number of imide groups is 2. The molecule has 208 valence electrons. The van der Waals surface area contributed by atoms with E-state index in [-0.39, 0.29) is 31.6 Å². The highest BCUT2D eigenvalue weighted by molar-refractivity contribution is 6.23. The van der Waals surface area contributed by atoms with Crippen LogP contribution in [0.4, 0.5) is 0 Å². The van der Waals surface area contributed by atoms with Gasteiger partial charge in [0.1, 0.15) is 12.1 Å². The van der Waals surface area contributed by atoms with E-state index in [0.717, 1.165) is 4.90 Å². The van der Waals surface area contributed by atoms with Gasteiger partial charge in [0, 0.05) is 12.8 Å². The average Bonchev–Trinajstić information content (AvgIpc) is 3.35. The highest BCUT2D eigenvalue weighted by Gasteiger charge is 2.44. The van der Waals surface area contributed by atoms with E-state index in [1.807, 2.05) is 0 Å². The van der Waals surface area contributed by atoms with Crippen LogP contribution < -0.4 is 11.1 Å². The van der Waals surface area contributed by atoms with Crippen molar-refractivity contribution in [3.8, 4) is 0 Å². The number of carbonyl (C=O) groups is 8. The first kappa shape index (κ1) is 29.3. The summed E-state index contributed by atoms with van der Waals surface area (Å²) in [5.74, 6) is -5.22. The summed E-state index contributed by atoms with van der Waals surface area (Å²) in [5, 5.41) is 18.4. The maximum Gasteiger partial charge on any atom is 0.346 e. The van der Waals surface area contributed by atoms with E-state index < -0.39 is 53.7 Å². The second kappa shape index (κ2) is 12.5. The number of carboxylic acids is 2. The molecule has 5 N–H and O–H groups in total. The van der Waals surface area contributed by atoms with Gasteiger partial charge < -0.3 is 20.7 Å². The number of nitrogens with two attached hydrogens (primary N) is 1. The number of amides is 4. The van der Waals surface area contributed by atoms with Gasteiger partial charge in [0.15, 0.2) is 0 Å². The smallest absolute Gasteiger partial charge is 0.346 e. The van der Waals surface area contributed by atoms with Crippen molar-refractivity contribution in [3.05, 3.63) is 70.8 Å². The standard InChI is InChI=1S/C13H10N2O4.C8H4O3.C5H9NO4/c16-10-6-5-9(11(17)14-10)15-12(18)7-3-1-2-4-8(7)13(15)19;9-7-5-3-1-2-4-6(5)8(10)11-7;6-3(5(9)10)1-2-4(7)8/h1-4,9H,5-6H2,(H,14,16,17);1-4H;3H,1-2,6H2,(H,7,8)(H,9,10). The fourth-order valence-electron chi connectivity index (χ4n) is 3.86. The SMILES string of the molecule is NC(CCC(=O)O)C(=O)O.O=C1CCC(N2C(=O)c3ccccc3C2=O)C(=O)N1.O=C1OC(=O)c2ccccc21. The van der Waals surface area contributed by atoms with Gasteiger partial charge >= 0.3 is 23.9 Å². The van der Waals surface area contributed by atoms with E-state index in [4.69, 9.17) is 15.9 Å². The number of cyclic esters (lactones) is 2. The molecule has 0 aromatic heterocycles. The molecular formula is C26H23N3O11. The van der Waals surface area contributed by atoms with Gasteiger partial charge in [-0.3, -0.25) is 39.0 Å². The summed E-state index contributed by atoms with van der Waals surface area (Å²) in [6.45, 7) is 0. The van der Waals surface area contributed by atoms with E-state index >= 15 is 0 Å². The van der Waals surface area contributed by atoms with Gasteiger partial charge in [-0.2, -0.15) is 0 Å². The molecule has 40 heavy (non-hydrogen) atoms. The third-order valence-electron chi connectivity index (χ3n) is 5.89. The maximum absolute atomic E-state index is 12.2. The van der Waals surface area contributed by atoms with Crippen molar-refractivity contribution in [2.75, 3.05) is 0 Å². The molecule has 4 amide bonds. The lowest BCUT2D eigenvalue weighted by atomic mass is 10.0. The predicted molar refractivity (Wildman–Crippen MR) is 132 cm³/mol. The number of hydrogen-bond acceptors (Lipinski definition) is 10. The van der Waals surface area contributed by atoms with Crippen LogP contribution >= 0.6 is 0 Å². The predicted octanol–water partition coefficient (Wildman–Crippen LogP) is 0.348. The summed E-state index contributed by atoms with van der Waals surface area (Å²) in [4.78, 5) is 89.7. The fraction of sp³-hybridized carbons (Fsp3) is 0.231. The third-order valence-corrected chi connectivity index (χ3v) is 5.89. The molecule has 14 nitrogen and oxygen atoms in total. The number of piperidine rings is 1. The average molecular weight is 553 g/mol. The number of carboxylic acid groups (broad SMARTS) is 2. The van der Waals surface area contributed by atoms with Crippen molar-refractivity contribution in [2.24, 2.45) is 5.73 Å². The molecule has 2 aromatic carbocycles. The summed E-state index contributed by atoms with van der Waals surface area (Å²) in [7, 11) is 0. The van der Waals surface area contributed by atoms with Crippen molar-refractivity contribution >= 4 is 47.5 Å². The second-order valence-corrected chi connectivity index (χ2v) is 8.59. The van der Waals surface area contributed by atoms with Crippen LogP contribution in [0.25, 0.3) is 0 Å². The minimum absolute atomic E-state index is 0.0231. The van der Waals surface area contributed by atoms with Gasteiger partial charge in [0.25, 0.3) is 11.8 Å². The van der Waals surface area contributed by atoms with E-state index in [2.05, 4.69) is 10.1 Å². The molecule has 1 fully saturated rings. The summed E-state index contributed by atoms with van der Waals surface area (Å²) in [6.07, 6.45) is 0.0814. The molecule has 1 saturated heterocycles. The first-order valence-corrected chi connectivity index (χ1v) is 11.8. The molecule has 0 spiro atoms. The maximum atomic E-state index is 12.2. The zero-order chi connectivity index (χ0) is 29.6. The Labute approximate surface area is 225 Å².